The summed E-state index contributed by atoms with van der Waals surface area (Å²) in [6.07, 6.45) is -3.77. The molecule has 6 heteroatoms. The molecule has 2 aromatic carbocycles. The number of aliphatic imine (C=N–C) groups is 1. The third kappa shape index (κ3) is 4.60. The lowest BCUT2D eigenvalue weighted by molar-refractivity contribution is -0.0581. The molecule has 0 fully saturated rings. The van der Waals surface area contributed by atoms with Gasteiger partial charge in [-0.3, -0.25) is 0 Å². The standard InChI is InChI=1S/C17H16F3N3/c1-12-7-9-14(10-8-12)22-15(11-21)16(17(18,19)20)23-13-5-3-2-4-6-13/h2-11,22H,21H2,1H3/b15-11+,23-16?. The molecule has 0 aliphatic carbocycles. The smallest absolute Gasteiger partial charge is 0.403 e. The SMILES string of the molecule is Cc1ccc(N/C(=C/N)C(=Nc2ccccc2)C(F)(F)F)cc1. The van der Waals surface area contributed by atoms with Gasteiger partial charge in [0.25, 0.3) is 0 Å². The molecule has 0 aliphatic rings. The molecule has 2 aromatic rings. The number of hydrogen-bond donors (Lipinski definition) is 2. The molecule has 23 heavy (non-hydrogen) atoms. The zero-order chi connectivity index (χ0) is 16.9. The van der Waals surface area contributed by atoms with Crippen LogP contribution in [-0.4, -0.2) is 11.9 Å². The number of nitrogens with zero attached hydrogens (tertiary/aromatic N) is 1. The van der Waals surface area contributed by atoms with E-state index in [1.54, 1.807) is 42.5 Å². The van der Waals surface area contributed by atoms with Crippen molar-refractivity contribution in [3.8, 4) is 0 Å². The molecule has 0 amide bonds. The Hall–Kier alpha value is -2.76. The van der Waals surface area contributed by atoms with Gasteiger partial charge in [0, 0.05) is 11.9 Å². The van der Waals surface area contributed by atoms with E-state index < -0.39 is 11.9 Å². The summed E-state index contributed by atoms with van der Waals surface area (Å²) in [7, 11) is 0. The predicted molar refractivity (Wildman–Crippen MR) is 86.7 cm³/mol. The number of alkyl halides is 3. The minimum atomic E-state index is -4.64. The van der Waals surface area contributed by atoms with Crippen molar-refractivity contribution in [1.29, 1.82) is 0 Å². The van der Waals surface area contributed by atoms with Crippen LogP contribution in [0.3, 0.4) is 0 Å². The lowest BCUT2D eigenvalue weighted by atomic mass is 10.2. The second-order valence-corrected chi connectivity index (χ2v) is 4.87. The number of anilines is 1. The van der Waals surface area contributed by atoms with Gasteiger partial charge in [0.15, 0.2) is 5.71 Å². The Morgan fingerprint density at radius 2 is 1.65 bits per heavy atom. The molecule has 0 radical (unpaired) electrons. The van der Waals surface area contributed by atoms with Crippen molar-refractivity contribution in [1.82, 2.24) is 0 Å². The summed E-state index contributed by atoms with van der Waals surface area (Å²) in [5.74, 6) is 0. The number of benzene rings is 2. The fourth-order valence-electron chi connectivity index (χ4n) is 1.88. The Kier molecular flexibility index (Phi) is 5.05. The van der Waals surface area contributed by atoms with Crippen molar-refractivity contribution in [2.45, 2.75) is 13.1 Å². The van der Waals surface area contributed by atoms with Crippen LogP contribution in [-0.2, 0) is 0 Å². The topological polar surface area (TPSA) is 50.4 Å². The van der Waals surface area contributed by atoms with Gasteiger partial charge in [-0.1, -0.05) is 35.9 Å². The van der Waals surface area contributed by atoms with E-state index in [4.69, 9.17) is 5.73 Å². The van der Waals surface area contributed by atoms with Crippen LogP contribution in [0.2, 0.25) is 0 Å². The van der Waals surface area contributed by atoms with Gasteiger partial charge in [0.05, 0.1) is 11.4 Å². The molecule has 0 spiro atoms. The predicted octanol–water partition coefficient (Wildman–Crippen LogP) is 4.54. The van der Waals surface area contributed by atoms with Gasteiger partial charge in [0.1, 0.15) is 0 Å². The second kappa shape index (κ2) is 7.00. The van der Waals surface area contributed by atoms with Gasteiger partial charge in [-0.05, 0) is 31.2 Å². The highest BCUT2D eigenvalue weighted by atomic mass is 19.4. The number of nitrogens with one attached hydrogen (secondary N) is 1. The molecule has 0 saturated carbocycles. The van der Waals surface area contributed by atoms with E-state index in [0.29, 0.717) is 5.69 Å². The van der Waals surface area contributed by atoms with Crippen LogP contribution in [0.15, 0.2) is 71.5 Å². The van der Waals surface area contributed by atoms with Crippen LogP contribution in [0.1, 0.15) is 5.56 Å². The zero-order valence-electron chi connectivity index (χ0n) is 12.4. The lowest BCUT2D eigenvalue weighted by Crippen LogP contribution is -2.29. The van der Waals surface area contributed by atoms with E-state index in [-0.39, 0.29) is 11.4 Å². The number of halogens is 3. The van der Waals surface area contributed by atoms with Gasteiger partial charge in [-0.25, -0.2) is 4.99 Å². The maximum Gasteiger partial charge on any atom is 0.435 e. The van der Waals surface area contributed by atoms with E-state index in [2.05, 4.69) is 10.3 Å². The minimum Gasteiger partial charge on any atom is -0.403 e. The number of hydrogen-bond acceptors (Lipinski definition) is 3. The third-order valence-electron chi connectivity index (χ3n) is 3.02. The summed E-state index contributed by atoms with van der Waals surface area (Å²) >= 11 is 0. The first kappa shape index (κ1) is 16.6. The van der Waals surface area contributed by atoms with E-state index in [0.717, 1.165) is 11.8 Å². The third-order valence-corrected chi connectivity index (χ3v) is 3.02. The van der Waals surface area contributed by atoms with E-state index in [9.17, 15) is 13.2 Å². The fraction of sp³-hybridized carbons (Fsp3) is 0.118. The first-order chi connectivity index (χ1) is 10.9. The van der Waals surface area contributed by atoms with Gasteiger partial charge in [-0.2, -0.15) is 13.2 Å². The molecule has 0 heterocycles. The quantitative estimate of drug-likeness (QED) is 0.813. The number of nitrogens with two attached hydrogens (primary N) is 1. The lowest BCUT2D eigenvalue weighted by Gasteiger charge is -2.16. The Labute approximate surface area is 132 Å². The Morgan fingerprint density at radius 3 is 2.17 bits per heavy atom. The summed E-state index contributed by atoms with van der Waals surface area (Å²) in [6, 6.07) is 14.9. The van der Waals surface area contributed by atoms with Crippen LogP contribution in [0.4, 0.5) is 24.5 Å². The average Bonchev–Trinajstić information content (AvgIpc) is 2.52. The van der Waals surface area contributed by atoms with Crippen molar-refractivity contribution in [2.75, 3.05) is 5.32 Å². The Balaban J connectivity index is 2.37. The van der Waals surface area contributed by atoms with Gasteiger partial charge in [0.2, 0.25) is 0 Å². The molecule has 2 rings (SSSR count). The highest BCUT2D eigenvalue weighted by molar-refractivity contribution is 6.07. The van der Waals surface area contributed by atoms with Gasteiger partial charge < -0.3 is 11.1 Å². The second-order valence-electron chi connectivity index (χ2n) is 4.87. The van der Waals surface area contributed by atoms with Crippen molar-refractivity contribution >= 4 is 17.1 Å². The number of rotatable bonds is 4. The van der Waals surface area contributed by atoms with E-state index >= 15 is 0 Å². The fourth-order valence-corrected chi connectivity index (χ4v) is 1.88. The van der Waals surface area contributed by atoms with E-state index in [1.807, 2.05) is 6.92 Å². The molecular formula is C17H16F3N3. The molecule has 3 nitrogen and oxygen atoms in total. The monoisotopic (exact) mass is 319 g/mol. The molecular weight excluding hydrogens is 303 g/mol. The Bertz CT molecular complexity index is 702. The van der Waals surface area contributed by atoms with Crippen LogP contribution in [0.5, 0.6) is 0 Å². The molecule has 3 N–H and O–H groups in total. The summed E-state index contributed by atoms with van der Waals surface area (Å²) in [6.45, 7) is 1.89. The van der Waals surface area contributed by atoms with Crippen LogP contribution in [0, 0.1) is 6.92 Å². The largest absolute Gasteiger partial charge is 0.435 e. The zero-order valence-corrected chi connectivity index (χ0v) is 12.4. The van der Waals surface area contributed by atoms with Gasteiger partial charge in [-0.15, -0.1) is 0 Å². The molecule has 0 unspecified atom stereocenters. The summed E-state index contributed by atoms with van der Waals surface area (Å²) in [5, 5.41) is 2.67. The number of para-hydroxylation sites is 1. The van der Waals surface area contributed by atoms with Gasteiger partial charge >= 0.3 is 6.18 Å². The molecule has 120 valence electrons. The normalized spacial score (nSPS) is 13.0. The summed E-state index contributed by atoms with van der Waals surface area (Å²) in [4.78, 5) is 3.70. The van der Waals surface area contributed by atoms with E-state index in [1.165, 1.54) is 12.1 Å². The number of aryl methyl sites for hydroxylation is 1. The molecule has 0 aliphatic heterocycles. The van der Waals surface area contributed by atoms with Crippen molar-refractivity contribution in [3.63, 3.8) is 0 Å². The van der Waals surface area contributed by atoms with Crippen molar-refractivity contribution in [3.05, 3.63) is 72.1 Å². The van der Waals surface area contributed by atoms with Crippen LogP contribution < -0.4 is 11.1 Å². The Morgan fingerprint density at radius 1 is 1.04 bits per heavy atom. The minimum absolute atomic E-state index is 0.199. The average molecular weight is 319 g/mol. The van der Waals surface area contributed by atoms with Crippen LogP contribution in [0.25, 0.3) is 0 Å². The molecule has 0 bridgehead atoms. The highest BCUT2D eigenvalue weighted by Crippen LogP contribution is 2.26. The highest BCUT2D eigenvalue weighted by Gasteiger charge is 2.38. The summed E-state index contributed by atoms with van der Waals surface area (Å²) < 4.78 is 40.0. The molecule has 0 saturated heterocycles. The molecule has 0 aromatic heterocycles. The van der Waals surface area contributed by atoms with Crippen molar-refractivity contribution in [2.24, 2.45) is 10.7 Å². The maximum absolute atomic E-state index is 13.3. The first-order valence-corrected chi connectivity index (χ1v) is 6.87. The van der Waals surface area contributed by atoms with Crippen LogP contribution >= 0.6 is 0 Å². The molecule has 0 atom stereocenters. The summed E-state index contributed by atoms with van der Waals surface area (Å²) in [5.41, 5.74) is 5.72. The number of allylic oxidation sites excluding steroid dienone is 1. The van der Waals surface area contributed by atoms with Crippen molar-refractivity contribution < 1.29 is 13.2 Å². The maximum atomic E-state index is 13.3. The first-order valence-electron chi connectivity index (χ1n) is 6.87.